The van der Waals surface area contributed by atoms with Crippen LogP contribution < -0.4 is 9.47 Å². The van der Waals surface area contributed by atoms with E-state index >= 15 is 0 Å². The molecule has 0 unspecified atom stereocenters. The predicted molar refractivity (Wildman–Crippen MR) is 55.7 cm³/mol. The van der Waals surface area contributed by atoms with Crippen LogP contribution in [-0.2, 0) is 0 Å². The van der Waals surface area contributed by atoms with Crippen molar-refractivity contribution in [3.63, 3.8) is 0 Å². The first-order valence-corrected chi connectivity index (χ1v) is 5.05. The molecule has 0 atom stereocenters. The molecule has 76 valence electrons. The summed E-state index contributed by atoms with van der Waals surface area (Å²) in [5, 5.41) is 0. The monoisotopic (exact) mass is 192 g/mol. The quantitative estimate of drug-likeness (QED) is 0.690. The lowest BCUT2D eigenvalue weighted by Crippen LogP contribution is -2.00. The molecule has 1 aromatic rings. The van der Waals surface area contributed by atoms with Gasteiger partial charge < -0.3 is 9.47 Å². The van der Waals surface area contributed by atoms with E-state index in [0.29, 0.717) is 13.2 Å². The van der Waals surface area contributed by atoms with Crippen LogP contribution in [0, 0.1) is 12.1 Å². The maximum absolute atomic E-state index is 5.51. The van der Waals surface area contributed by atoms with Crippen LogP contribution in [-0.4, -0.2) is 13.2 Å². The smallest absolute Gasteiger partial charge is 0.161 e. The van der Waals surface area contributed by atoms with Crippen LogP contribution in [0.4, 0.5) is 0 Å². The van der Waals surface area contributed by atoms with Gasteiger partial charge in [-0.25, -0.2) is 0 Å². The fraction of sp³-hybridized carbons (Fsp3) is 0.500. The molecule has 0 amide bonds. The summed E-state index contributed by atoms with van der Waals surface area (Å²) < 4.78 is 11.0. The third-order valence-corrected chi connectivity index (χ3v) is 1.66. The van der Waals surface area contributed by atoms with Gasteiger partial charge in [-0.1, -0.05) is 13.8 Å². The van der Waals surface area contributed by atoms with Gasteiger partial charge in [0.2, 0.25) is 0 Å². The SMILES string of the molecule is CCCOc1c[c][c]cc1OCCC. The van der Waals surface area contributed by atoms with Gasteiger partial charge in [-0.05, 0) is 37.1 Å². The highest BCUT2D eigenvalue weighted by Crippen LogP contribution is 2.25. The molecule has 2 radical (unpaired) electrons. The summed E-state index contributed by atoms with van der Waals surface area (Å²) in [5.74, 6) is 1.53. The van der Waals surface area contributed by atoms with Crippen molar-refractivity contribution in [1.29, 1.82) is 0 Å². The van der Waals surface area contributed by atoms with E-state index in [1.165, 1.54) is 0 Å². The molecule has 1 rings (SSSR count). The van der Waals surface area contributed by atoms with Gasteiger partial charge in [0.25, 0.3) is 0 Å². The molecule has 0 aromatic heterocycles. The lowest BCUT2D eigenvalue weighted by Gasteiger charge is -2.10. The Morgan fingerprint density at radius 3 is 1.71 bits per heavy atom. The molecule has 14 heavy (non-hydrogen) atoms. The standard InChI is InChI=1S/C12H16O2/c1-3-9-13-11-7-5-6-8-12(11)14-10-4-2/h7-8H,3-4,9-10H2,1-2H3. The van der Waals surface area contributed by atoms with E-state index in [1.807, 2.05) is 0 Å². The van der Waals surface area contributed by atoms with Crippen molar-refractivity contribution in [2.24, 2.45) is 0 Å². The highest BCUT2D eigenvalue weighted by molar-refractivity contribution is 5.38. The van der Waals surface area contributed by atoms with Gasteiger partial charge in [0, 0.05) is 0 Å². The van der Waals surface area contributed by atoms with Crippen molar-refractivity contribution in [2.75, 3.05) is 13.2 Å². The fourth-order valence-corrected chi connectivity index (χ4v) is 1.01. The van der Waals surface area contributed by atoms with Crippen molar-refractivity contribution >= 4 is 0 Å². The maximum Gasteiger partial charge on any atom is 0.161 e. The Hall–Kier alpha value is -1.18. The van der Waals surface area contributed by atoms with E-state index < -0.39 is 0 Å². The largest absolute Gasteiger partial charge is 0.490 e. The molecule has 0 saturated heterocycles. The first kappa shape index (κ1) is 10.9. The second kappa shape index (κ2) is 6.30. The Kier molecular flexibility index (Phi) is 4.90. The molecule has 0 aliphatic carbocycles. The Morgan fingerprint density at radius 2 is 1.36 bits per heavy atom. The summed E-state index contributed by atoms with van der Waals surface area (Å²) in [6.07, 6.45) is 1.98. The predicted octanol–water partition coefficient (Wildman–Crippen LogP) is 2.86. The highest BCUT2D eigenvalue weighted by atomic mass is 16.5. The summed E-state index contributed by atoms with van der Waals surface area (Å²) in [7, 11) is 0. The Morgan fingerprint density at radius 1 is 0.929 bits per heavy atom. The van der Waals surface area contributed by atoms with Crippen molar-refractivity contribution < 1.29 is 9.47 Å². The molecule has 1 aromatic carbocycles. The summed E-state index contributed by atoms with van der Waals surface area (Å²) in [4.78, 5) is 0. The molecule has 0 aliphatic rings. The Balaban J connectivity index is 2.60. The van der Waals surface area contributed by atoms with Crippen molar-refractivity contribution in [3.8, 4) is 11.5 Å². The molecule has 0 N–H and O–H groups in total. The van der Waals surface area contributed by atoms with Crippen LogP contribution >= 0.6 is 0 Å². The average molecular weight is 192 g/mol. The van der Waals surface area contributed by atoms with E-state index in [-0.39, 0.29) is 0 Å². The normalized spacial score (nSPS) is 9.86. The van der Waals surface area contributed by atoms with Crippen LogP contribution in [0.3, 0.4) is 0 Å². The molecule has 0 fully saturated rings. The number of benzene rings is 1. The van der Waals surface area contributed by atoms with Crippen LogP contribution in [0.15, 0.2) is 12.1 Å². The van der Waals surface area contributed by atoms with Crippen LogP contribution in [0.5, 0.6) is 11.5 Å². The lowest BCUT2D eigenvalue weighted by molar-refractivity contribution is 0.268. The van der Waals surface area contributed by atoms with Crippen molar-refractivity contribution in [1.82, 2.24) is 0 Å². The summed E-state index contributed by atoms with van der Waals surface area (Å²) in [6, 6.07) is 9.24. The Bertz CT molecular complexity index is 231. The molecule has 0 aliphatic heterocycles. The van der Waals surface area contributed by atoms with Gasteiger partial charge in [-0.15, -0.1) is 0 Å². The second-order valence-corrected chi connectivity index (χ2v) is 3.00. The summed E-state index contributed by atoms with van der Waals surface area (Å²) >= 11 is 0. The number of ether oxygens (including phenoxy) is 2. The molecule has 0 heterocycles. The van der Waals surface area contributed by atoms with Gasteiger partial charge >= 0.3 is 0 Å². The molecule has 2 heteroatoms. The number of hydrogen-bond donors (Lipinski definition) is 0. The zero-order valence-electron chi connectivity index (χ0n) is 8.80. The molecule has 0 spiro atoms. The topological polar surface area (TPSA) is 18.5 Å². The summed E-state index contributed by atoms with van der Waals surface area (Å²) in [6.45, 7) is 5.57. The van der Waals surface area contributed by atoms with Crippen molar-refractivity contribution in [3.05, 3.63) is 24.3 Å². The minimum absolute atomic E-state index is 0.709. The first-order valence-electron chi connectivity index (χ1n) is 5.05. The average Bonchev–Trinajstić information content (AvgIpc) is 2.24. The molecular weight excluding hydrogens is 176 g/mol. The molecular formula is C12H16O2. The summed E-state index contributed by atoms with van der Waals surface area (Å²) in [5.41, 5.74) is 0. The maximum atomic E-state index is 5.51. The van der Waals surface area contributed by atoms with Gasteiger partial charge in [0.1, 0.15) is 0 Å². The van der Waals surface area contributed by atoms with Gasteiger partial charge in [0.05, 0.1) is 13.2 Å². The van der Waals surface area contributed by atoms with Gasteiger partial charge in [0.15, 0.2) is 11.5 Å². The van der Waals surface area contributed by atoms with Gasteiger partial charge in [-0.2, -0.15) is 0 Å². The van der Waals surface area contributed by atoms with Gasteiger partial charge in [-0.3, -0.25) is 0 Å². The second-order valence-electron chi connectivity index (χ2n) is 3.00. The third-order valence-electron chi connectivity index (χ3n) is 1.66. The Labute approximate surface area is 85.8 Å². The van der Waals surface area contributed by atoms with E-state index in [2.05, 4.69) is 26.0 Å². The third kappa shape index (κ3) is 3.29. The number of hydrogen-bond acceptors (Lipinski definition) is 2. The fourth-order valence-electron chi connectivity index (χ4n) is 1.01. The first-order chi connectivity index (χ1) is 6.88. The van der Waals surface area contributed by atoms with E-state index in [1.54, 1.807) is 12.1 Å². The molecule has 2 nitrogen and oxygen atoms in total. The minimum atomic E-state index is 0.709. The zero-order valence-corrected chi connectivity index (χ0v) is 8.80. The van der Waals surface area contributed by atoms with Crippen LogP contribution in [0.1, 0.15) is 26.7 Å². The minimum Gasteiger partial charge on any atom is -0.490 e. The molecule has 0 bridgehead atoms. The van der Waals surface area contributed by atoms with E-state index in [9.17, 15) is 0 Å². The van der Waals surface area contributed by atoms with Crippen molar-refractivity contribution in [2.45, 2.75) is 26.7 Å². The van der Waals surface area contributed by atoms with E-state index in [4.69, 9.17) is 9.47 Å². The zero-order chi connectivity index (χ0) is 10.2. The lowest BCUT2D eigenvalue weighted by atomic mass is 10.3. The van der Waals surface area contributed by atoms with Crippen LogP contribution in [0.2, 0.25) is 0 Å². The highest BCUT2D eigenvalue weighted by Gasteiger charge is 2.02. The molecule has 0 saturated carbocycles. The van der Waals surface area contributed by atoms with E-state index in [0.717, 1.165) is 24.3 Å². The number of rotatable bonds is 6. The van der Waals surface area contributed by atoms with Crippen LogP contribution in [0.25, 0.3) is 0 Å².